The standard InChI is InChI=1S/C19H30N4O2.HI/c1-2-3-9-20-19(21-10-8-17-5-4-11-25-17)22-13-15-12-18(24)23(14-15)16-6-7-16;/h4-5,11,15-16H,2-3,6-10,12-14H2,1H3,(H2,20,21,22);1H. The molecule has 26 heavy (non-hydrogen) atoms. The van der Waals surface area contributed by atoms with Gasteiger partial charge >= 0.3 is 0 Å². The van der Waals surface area contributed by atoms with E-state index in [0.29, 0.717) is 30.8 Å². The smallest absolute Gasteiger partial charge is 0.223 e. The number of guanidine groups is 1. The van der Waals surface area contributed by atoms with Crippen LogP contribution in [0.2, 0.25) is 0 Å². The molecule has 2 fully saturated rings. The van der Waals surface area contributed by atoms with Crippen LogP contribution < -0.4 is 10.6 Å². The average Bonchev–Trinajstić information content (AvgIpc) is 3.18. The van der Waals surface area contributed by atoms with E-state index in [-0.39, 0.29) is 24.0 Å². The lowest BCUT2D eigenvalue weighted by Crippen LogP contribution is -2.39. The maximum Gasteiger partial charge on any atom is 0.223 e. The van der Waals surface area contributed by atoms with Crippen LogP contribution in [0.3, 0.4) is 0 Å². The van der Waals surface area contributed by atoms with Crippen molar-refractivity contribution in [2.24, 2.45) is 10.9 Å². The van der Waals surface area contributed by atoms with E-state index >= 15 is 0 Å². The molecule has 1 aromatic rings. The first-order valence-corrected chi connectivity index (χ1v) is 9.60. The highest BCUT2D eigenvalue weighted by molar-refractivity contribution is 14.0. The zero-order valence-electron chi connectivity index (χ0n) is 15.6. The Morgan fingerprint density at radius 2 is 2.15 bits per heavy atom. The predicted octanol–water partition coefficient (Wildman–Crippen LogP) is 2.79. The maximum absolute atomic E-state index is 12.1. The van der Waals surface area contributed by atoms with Crippen LogP contribution in [0.5, 0.6) is 0 Å². The van der Waals surface area contributed by atoms with Gasteiger partial charge in [-0.2, -0.15) is 0 Å². The maximum atomic E-state index is 12.1. The number of amides is 1. The van der Waals surface area contributed by atoms with Gasteiger partial charge in [-0.15, -0.1) is 24.0 Å². The van der Waals surface area contributed by atoms with Gasteiger partial charge in [-0.3, -0.25) is 9.79 Å². The summed E-state index contributed by atoms with van der Waals surface area (Å²) in [6, 6.07) is 4.42. The summed E-state index contributed by atoms with van der Waals surface area (Å²) >= 11 is 0. The van der Waals surface area contributed by atoms with E-state index in [4.69, 9.17) is 9.41 Å². The van der Waals surface area contributed by atoms with Gasteiger partial charge in [-0.05, 0) is 31.4 Å². The first kappa shape index (κ1) is 21.1. The average molecular weight is 474 g/mol. The summed E-state index contributed by atoms with van der Waals surface area (Å²) in [6.45, 7) is 5.46. The van der Waals surface area contributed by atoms with Gasteiger partial charge in [0.1, 0.15) is 5.76 Å². The van der Waals surface area contributed by atoms with Crippen LogP contribution in [0.4, 0.5) is 0 Å². The predicted molar refractivity (Wildman–Crippen MR) is 114 cm³/mol. The van der Waals surface area contributed by atoms with Gasteiger partial charge in [0.25, 0.3) is 0 Å². The molecule has 1 aliphatic carbocycles. The molecule has 2 N–H and O–H groups in total. The Hall–Kier alpha value is -1.25. The molecule has 1 unspecified atom stereocenters. The van der Waals surface area contributed by atoms with E-state index in [9.17, 15) is 4.79 Å². The first-order valence-electron chi connectivity index (χ1n) is 9.60. The molecule has 3 rings (SSSR count). The number of halogens is 1. The van der Waals surface area contributed by atoms with Gasteiger partial charge in [0, 0.05) is 51.0 Å². The minimum absolute atomic E-state index is 0. The fraction of sp³-hybridized carbons (Fsp3) is 0.684. The summed E-state index contributed by atoms with van der Waals surface area (Å²) in [6.07, 6.45) is 7.82. The topological polar surface area (TPSA) is 69.9 Å². The Morgan fingerprint density at radius 1 is 1.35 bits per heavy atom. The van der Waals surface area contributed by atoms with Crippen molar-refractivity contribution in [2.75, 3.05) is 26.2 Å². The summed E-state index contributed by atoms with van der Waals surface area (Å²) in [5.41, 5.74) is 0. The molecule has 1 amide bonds. The van der Waals surface area contributed by atoms with Crippen LogP contribution in [0.15, 0.2) is 27.8 Å². The number of furan rings is 1. The van der Waals surface area contributed by atoms with Crippen LogP contribution in [0, 0.1) is 5.92 Å². The number of likely N-dealkylation sites (tertiary alicyclic amines) is 1. The number of carbonyl (C=O) groups excluding carboxylic acids is 1. The van der Waals surface area contributed by atoms with Gasteiger partial charge in [0.05, 0.1) is 6.26 Å². The number of hydrogen-bond acceptors (Lipinski definition) is 3. The number of nitrogens with zero attached hydrogens (tertiary/aromatic N) is 2. The Morgan fingerprint density at radius 3 is 2.85 bits per heavy atom. The lowest BCUT2D eigenvalue weighted by atomic mass is 10.1. The lowest BCUT2D eigenvalue weighted by Gasteiger charge is -2.15. The quantitative estimate of drug-likeness (QED) is 0.250. The SMILES string of the molecule is CCCCNC(=NCC1CC(=O)N(C2CC2)C1)NCCc1ccco1.I. The molecule has 1 saturated heterocycles. The zero-order valence-corrected chi connectivity index (χ0v) is 17.9. The Bertz CT molecular complexity index is 572. The monoisotopic (exact) mass is 474 g/mol. The van der Waals surface area contributed by atoms with E-state index in [0.717, 1.165) is 50.6 Å². The van der Waals surface area contributed by atoms with Crippen LogP contribution in [-0.4, -0.2) is 49.0 Å². The van der Waals surface area contributed by atoms with Gasteiger partial charge in [-0.1, -0.05) is 13.3 Å². The summed E-state index contributed by atoms with van der Waals surface area (Å²) in [5.74, 6) is 2.48. The fourth-order valence-corrected chi connectivity index (χ4v) is 3.21. The Balaban J connectivity index is 0.00000243. The van der Waals surface area contributed by atoms with Gasteiger partial charge in [0.2, 0.25) is 5.91 Å². The third-order valence-corrected chi connectivity index (χ3v) is 4.80. The van der Waals surface area contributed by atoms with Crippen molar-refractivity contribution in [2.45, 2.75) is 51.5 Å². The van der Waals surface area contributed by atoms with Crippen molar-refractivity contribution < 1.29 is 9.21 Å². The second-order valence-corrected chi connectivity index (χ2v) is 7.07. The van der Waals surface area contributed by atoms with Crippen molar-refractivity contribution >= 4 is 35.8 Å². The van der Waals surface area contributed by atoms with Crippen molar-refractivity contribution in [1.29, 1.82) is 0 Å². The summed E-state index contributed by atoms with van der Waals surface area (Å²) < 4.78 is 5.36. The molecule has 6 nitrogen and oxygen atoms in total. The number of carbonyl (C=O) groups is 1. The molecule has 2 heterocycles. The van der Waals surface area contributed by atoms with Crippen LogP contribution in [-0.2, 0) is 11.2 Å². The van der Waals surface area contributed by atoms with Gasteiger partial charge < -0.3 is 20.0 Å². The van der Waals surface area contributed by atoms with E-state index < -0.39 is 0 Å². The number of hydrogen-bond donors (Lipinski definition) is 2. The lowest BCUT2D eigenvalue weighted by molar-refractivity contribution is -0.128. The molecule has 0 aromatic carbocycles. The van der Waals surface area contributed by atoms with Gasteiger partial charge in [0.15, 0.2) is 5.96 Å². The van der Waals surface area contributed by atoms with Crippen molar-refractivity contribution in [3.63, 3.8) is 0 Å². The third kappa shape index (κ3) is 6.48. The summed E-state index contributed by atoms with van der Waals surface area (Å²) in [5, 5.41) is 6.77. The number of unbranched alkanes of at least 4 members (excludes halogenated alkanes) is 1. The molecule has 7 heteroatoms. The Labute approximate surface area is 173 Å². The number of aliphatic imine (C=N–C) groups is 1. The van der Waals surface area contributed by atoms with Crippen LogP contribution >= 0.6 is 24.0 Å². The molecule has 0 bridgehead atoms. The normalized spacial score (nSPS) is 20.2. The largest absolute Gasteiger partial charge is 0.469 e. The minimum atomic E-state index is 0. The first-order chi connectivity index (χ1) is 12.3. The molecule has 0 radical (unpaired) electrons. The minimum Gasteiger partial charge on any atom is -0.469 e. The number of nitrogens with one attached hydrogen (secondary N) is 2. The molecule has 1 aliphatic heterocycles. The second kappa shape index (κ2) is 10.8. The van der Waals surface area contributed by atoms with E-state index in [1.54, 1.807) is 6.26 Å². The summed E-state index contributed by atoms with van der Waals surface area (Å²) in [4.78, 5) is 18.9. The Kier molecular flexibility index (Phi) is 8.74. The highest BCUT2D eigenvalue weighted by atomic mass is 127. The molecule has 1 aromatic heterocycles. The van der Waals surface area contributed by atoms with E-state index in [1.165, 1.54) is 12.8 Å². The molecule has 1 saturated carbocycles. The molecule has 1 atom stereocenters. The van der Waals surface area contributed by atoms with E-state index in [1.807, 2.05) is 12.1 Å². The molecular formula is C19H31IN4O2. The highest BCUT2D eigenvalue weighted by Gasteiger charge is 2.39. The second-order valence-electron chi connectivity index (χ2n) is 7.07. The van der Waals surface area contributed by atoms with Crippen LogP contribution in [0.1, 0.15) is 44.8 Å². The van der Waals surface area contributed by atoms with Gasteiger partial charge in [-0.25, -0.2) is 0 Å². The van der Waals surface area contributed by atoms with Crippen molar-refractivity contribution in [1.82, 2.24) is 15.5 Å². The fourth-order valence-electron chi connectivity index (χ4n) is 3.21. The zero-order chi connectivity index (χ0) is 17.5. The molecule has 2 aliphatic rings. The van der Waals surface area contributed by atoms with E-state index in [2.05, 4.69) is 22.5 Å². The summed E-state index contributed by atoms with van der Waals surface area (Å²) in [7, 11) is 0. The van der Waals surface area contributed by atoms with Crippen molar-refractivity contribution in [3.05, 3.63) is 24.2 Å². The van der Waals surface area contributed by atoms with Crippen LogP contribution in [0.25, 0.3) is 0 Å². The molecular weight excluding hydrogens is 443 g/mol. The third-order valence-electron chi connectivity index (χ3n) is 4.80. The molecule has 0 spiro atoms. The highest BCUT2D eigenvalue weighted by Crippen LogP contribution is 2.32. The number of rotatable bonds is 9. The van der Waals surface area contributed by atoms with Crippen molar-refractivity contribution in [3.8, 4) is 0 Å². The molecule has 146 valence electrons.